The molecule has 0 aromatic rings. The van der Waals surface area contributed by atoms with Gasteiger partial charge in [-0.1, -0.05) is 32.1 Å². The van der Waals surface area contributed by atoms with Crippen LogP contribution < -0.4 is 5.32 Å². The van der Waals surface area contributed by atoms with Crippen molar-refractivity contribution in [2.24, 2.45) is 5.92 Å². The molecule has 0 atom stereocenters. The first kappa shape index (κ1) is 19.3. The van der Waals surface area contributed by atoms with Crippen molar-refractivity contribution in [2.45, 2.75) is 84.8 Å². The largest absolute Gasteiger partial charge is 0.444 e. The van der Waals surface area contributed by atoms with Gasteiger partial charge >= 0.3 is 6.09 Å². The van der Waals surface area contributed by atoms with Crippen molar-refractivity contribution >= 4 is 6.09 Å². The lowest BCUT2D eigenvalue weighted by atomic mass is 9.87. The van der Waals surface area contributed by atoms with Crippen LogP contribution in [0.1, 0.15) is 73.1 Å². The number of amides is 1. The summed E-state index contributed by atoms with van der Waals surface area (Å²) in [5.74, 6) is 0.910. The summed E-state index contributed by atoms with van der Waals surface area (Å²) >= 11 is 0. The Morgan fingerprint density at radius 1 is 1.18 bits per heavy atom. The van der Waals surface area contributed by atoms with Gasteiger partial charge in [-0.05, 0) is 53.5 Å². The molecular formula is C18H36N2O2. The third-order valence-corrected chi connectivity index (χ3v) is 4.23. The number of hydrogen-bond acceptors (Lipinski definition) is 3. The highest BCUT2D eigenvalue weighted by atomic mass is 16.6. The van der Waals surface area contributed by atoms with Crippen LogP contribution in [0.15, 0.2) is 0 Å². The van der Waals surface area contributed by atoms with E-state index in [4.69, 9.17) is 4.74 Å². The fourth-order valence-electron chi connectivity index (χ4n) is 2.99. The van der Waals surface area contributed by atoms with E-state index in [1.165, 1.54) is 38.5 Å². The van der Waals surface area contributed by atoms with Crippen molar-refractivity contribution in [1.29, 1.82) is 0 Å². The third-order valence-electron chi connectivity index (χ3n) is 4.23. The van der Waals surface area contributed by atoms with Crippen LogP contribution in [0.3, 0.4) is 0 Å². The molecule has 0 unspecified atom stereocenters. The fraction of sp³-hybridized carbons (Fsp3) is 0.944. The number of rotatable bonds is 7. The van der Waals surface area contributed by atoms with Crippen LogP contribution >= 0.6 is 0 Å². The van der Waals surface area contributed by atoms with E-state index >= 15 is 0 Å². The molecule has 1 N–H and O–H groups in total. The minimum Gasteiger partial charge on any atom is -0.444 e. The van der Waals surface area contributed by atoms with E-state index in [9.17, 15) is 4.79 Å². The van der Waals surface area contributed by atoms with Crippen molar-refractivity contribution in [3.63, 3.8) is 0 Å². The zero-order valence-electron chi connectivity index (χ0n) is 15.3. The van der Waals surface area contributed by atoms with Crippen molar-refractivity contribution in [1.82, 2.24) is 10.2 Å². The molecule has 0 spiro atoms. The predicted octanol–water partition coefficient (Wildman–Crippen LogP) is 4.19. The minimum absolute atomic E-state index is 0.162. The first-order valence-electron chi connectivity index (χ1n) is 9.00. The summed E-state index contributed by atoms with van der Waals surface area (Å²) in [5, 5.41) is 3.49. The molecular weight excluding hydrogens is 276 g/mol. The lowest BCUT2D eigenvalue weighted by Crippen LogP contribution is -2.44. The average molecular weight is 312 g/mol. The van der Waals surface area contributed by atoms with E-state index in [-0.39, 0.29) is 12.1 Å². The molecule has 1 aliphatic carbocycles. The molecule has 130 valence electrons. The highest BCUT2D eigenvalue weighted by Gasteiger charge is 2.23. The van der Waals surface area contributed by atoms with Crippen LogP contribution in [0, 0.1) is 5.92 Å². The quantitative estimate of drug-likeness (QED) is 0.717. The monoisotopic (exact) mass is 312 g/mol. The Labute approximate surface area is 137 Å². The lowest BCUT2D eigenvalue weighted by molar-refractivity contribution is 0.0193. The number of ether oxygens (including phenoxy) is 1. The molecule has 0 aromatic carbocycles. The molecule has 4 heteroatoms. The number of carbonyl (C=O) groups is 1. The molecule has 0 saturated heterocycles. The van der Waals surface area contributed by atoms with Gasteiger partial charge in [-0.15, -0.1) is 0 Å². The van der Waals surface area contributed by atoms with Gasteiger partial charge in [0.1, 0.15) is 5.60 Å². The van der Waals surface area contributed by atoms with Crippen molar-refractivity contribution in [3.8, 4) is 0 Å². The lowest BCUT2D eigenvalue weighted by Gasteiger charge is -2.30. The summed E-state index contributed by atoms with van der Waals surface area (Å²) < 4.78 is 5.47. The van der Waals surface area contributed by atoms with E-state index in [1.807, 2.05) is 34.6 Å². The normalized spacial score (nSPS) is 16.8. The Morgan fingerprint density at radius 3 is 2.36 bits per heavy atom. The van der Waals surface area contributed by atoms with E-state index in [2.05, 4.69) is 5.32 Å². The molecule has 0 radical (unpaired) electrons. The first-order valence-corrected chi connectivity index (χ1v) is 9.00. The second-order valence-electron chi connectivity index (χ2n) is 7.81. The van der Waals surface area contributed by atoms with Crippen molar-refractivity contribution in [3.05, 3.63) is 0 Å². The minimum atomic E-state index is -0.432. The molecule has 0 aromatic heterocycles. The van der Waals surface area contributed by atoms with Gasteiger partial charge in [-0.3, -0.25) is 0 Å². The molecule has 0 bridgehead atoms. The SMILES string of the molecule is CC(C)N(CCNCCC1CCCCC1)C(=O)OC(C)(C)C. The van der Waals surface area contributed by atoms with Crippen LogP contribution in [0.25, 0.3) is 0 Å². The first-order chi connectivity index (χ1) is 10.3. The fourth-order valence-corrected chi connectivity index (χ4v) is 2.99. The molecule has 0 aliphatic heterocycles. The average Bonchev–Trinajstić information content (AvgIpc) is 2.41. The molecule has 22 heavy (non-hydrogen) atoms. The molecule has 1 amide bonds. The van der Waals surface area contributed by atoms with Crippen LogP contribution in [0.4, 0.5) is 4.79 Å². The molecule has 0 heterocycles. The van der Waals surface area contributed by atoms with E-state index in [0.717, 1.165) is 19.0 Å². The van der Waals surface area contributed by atoms with Gasteiger partial charge in [0.05, 0.1) is 0 Å². The van der Waals surface area contributed by atoms with E-state index < -0.39 is 5.60 Å². The second-order valence-corrected chi connectivity index (χ2v) is 7.81. The van der Waals surface area contributed by atoms with Crippen molar-refractivity contribution in [2.75, 3.05) is 19.6 Å². The van der Waals surface area contributed by atoms with Gasteiger partial charge in [0.2, 0.25) is 0 Å². The van der Waals surface area contributed by atoms with Gasteiger partial charge in [-0.2, -0.15) is 0 Å². The highest BCUT2D eigenvalue weighted by molar-refractivity contribution is 5.68. The number of hydrogen-bond donors (Lipinski definition) is 1. The molecule has 4 nitrogen and oxygen atoms in total. The maximum Gasteiger partial charge on any atom is 0.410 e. The van der Waals surface area contributed by atoms with Crippen LogP contribution in [-0.2, 0) is 4.74 Å². The van der Waals surface area contributed by atoms with Crippen LogP contribution in [-0.4, -0.2) is 42.3 Å². The zero-order chi connectivity index (χ0) is 16.6. The summed E-state index contributed by atoms with van der Waals surface area (Å²) in [7, 11) is 0. The van der Waals surface area contributed by atoms with E-state index in [1.54, 1.807) is 4.90 Å². The Kier molecular flexibility index (Phi) is 8.23. The summed E-state index contributed by atoms with van der Waals surface area (Å²) in [4.78, 5) is 14.0. The molecule has 1 rings (SSSR count). The standard InChI is InChI=1S/C18H36N2O2/c1-15(2)20(17(21)22-18(3,4)5)14-13-19-12-11-16-9-7-6-8-10-16/h15-16,19H,6-14H2,1-5H3. The Balaban J connectivity index is 2.22. The Hall–Kier alpha value is -0.770. The van der Waals surface area contributed by atoms with Gasteiger partial charge in [0, 0.05) is 19.1 Å². The summed E-state index contributed by atoms with van der Waals surface area (Å²) in [6.45, 7) is 12.4. The predicted molar refractivity (Wildman–Crippen MR) is 92.1 cm³/mol. The number of nitrogens with one attached hydrogen (secondary N) is 1. The molecule has 1 saturated carbocycles. The van der Waals surface area contributed by atoms with Gasteiger partial charge in [-0.25, -0.2) is 4.79 Å². The van der Waals surface area contributed by atoms with Crippen molar-refractivity contribution < 1.29 is 9.53 Å². The maximum atomic E-state index is 12.2. The summed E-state index contributed by atoms with van der Waals surface area (Å²) in [5.41, 5.74) is -0.432. The van der Waals surface area contributed by atoms with Gasteiger partial charge in [0.15, 0.2) is 0 Å². The Bertz CT molecular complexity index is 318. The molecule has 1 fully saturated rings. The van der Waals surface area contributed by atoms with Gasteiger partial charge in [0.25, 0.3) is 0 Å². The number of nitrogens with zero attached hydrogens (tertiary/aromatic N) is 1. The van der Waals surface area contributed by atoms with Crippen LogP contribution in [0.5, 0.6) is 0 Å². The summed E-state index contributed by atoms with van der Waals surface area (Å²) in [6.07, 6.45) is 8.10. The summed E-state index contributed by atoms with van der Waals surface area (Å²) in [6, 6.07) is 0.162. The second kappa shape index (κ2) is 9.39. The highest BCUT2D eigenvalue weighted by Crippen LogP contribution is 2.25. The van der Waals surface area contributed by atoms with E-state index in [0.29, 0.717) is 6.54 Å². The smallest absolute Gasteiger partial charge is 0.410 e. The molecule has 1 aliphatic rings. The maximum absolute atomic E-state index is 12.2. The number of carbonyl (C=O) groups excluding carboxylic acids is 1. The zero-order valence-corrected chi connectivity index (χ0v) is 15.3. The van der Waals surface area contributed by atoms with Crippen LogP contribution in [0.2, 0.25) is 0 Å². The Morgan fingerprint density at radius 2 is 1.82 bits per heavy atom. The van der Waals surface area contributed by atoms with Gasteiger partial charge < -0.3 is 15.0 Å². The third kappa shape index (κ3) is 8.02. The topological polar surface area (TPSA) is 41.6 Å².